The van der Waals surface area contributed by atoms with Crippen molar-refractivity contribution in [2.45, 2.75) is 20.4 Å². The SMILES string of the molecule is CCOc1cc2occ(-c3ccc(Br)cc3)c2cc1/C(C)=C/C(=O)NCc1ccncc1. The van der Waals surface area contributed by atoms with Crippen LogP contribution in [0.4, 0.5) is 0 Å². The molecule has 0 aliphatic heterocycles. The summed E-state index contributed by atoms with van der Waals surface area (Å²) in [6.07, 6.45) is 6.78. The number of halogens is 1. The van der Waals surface area contributed by atoms with Crippen LogP contribution in [0.3, 0.4) is 0 Å². The Morgan fingerprint density at radius 2 is 1.91 bits per heavy atom. The summed E-state index contributed by atoms with van der Waals surface area (Å²) in [5.41, 5.74) is 5.45. The van der Waals surface area contributed by atoms with Crippen LogP contribution in [-0.2, 0) is 11.3 Å². The Hall–Kier alpha value is -3.38. The van der Waals surface area contributed by atoms with Gasteiger partial charge in [-0.1, -0.05) is 28.1 Å². The largest absolute Gasteiger partial charge is 0.493 e. The van der Waals surface area contributed by atoms with Gasteiger partial charge in [-0.25, -0.2) is 0 Å². The number of hydrogen-bond acceptors (Lipinski definition) is 4. The maximum Gasteiger partial charge on any atom is 0.244 e. The maximum absolute atomic E-state index is 12.5. The minimum Gasteiger partial charge on any atom is -0.493 e. The summed E-state index contributed by atoms with van der Waals surface area (Å²) in [6, 6.07) is 15.8. The first-order valence-electron chi connectivity index (χ1n) is 10.3. The third-order valence-corrected chi connectivity index (χ3v) is 5.65. The van der Waals surface area contributed by atoms with Gasteiger partial charge in [0.15, 0.2) is 0 Å². The van der Waals surface area contributed by atoms with Gasteiger partial charge in [0.05, 0.1) is 12.9 Å². The molecule has 1 amide bonds. The first-order chi connectivity index (χ1) is 15.5. The van der Waals surface area contributed by atoms with Gasteiger partial charge in [0, 0.05) is 52.1 Å². The fraction of sp³-hybridized carbons (Fsp3) is 0.154. The highest BCUT2D eigenvalue weighted by molar-refractivity contribution is 9.10. The standard InChI is InChI=1S/C26H23BrN2O3/c1-3-31-24-14-25-22(23(16-32-25)19-4-6-20(27)7-5-19)13-21(24)17(2)12-26(30)29-15-18-8-10-28-11-9-18/h4-14,16H,3,15H2,1-2H3,(H,29,30)/b17-12+. The van der Waals surface area contributed by atoms with Crippen molar-refractivity contribution >= 4 is 38.4 Å². The Bertz CT molecular complexity index is 1260. The van der Waals surface area contributed by atoms with E-state index in [1.54, 1.807) is 24.7 Å². The Labute approximate surface area is 195 Å². The first kappa shape index (κ1) is 21.8. The maximum atomic E-state index is 12.5. The van der Waals surface area contributed by atoms with Crippen LogP contribution in [0, 0.1) is 0 Å². The monoisotopic (exact) mass is 490 g/mol. The molecule has 5 nitrogen and oxygen atoms in total. The number of aromatic nitrogens is 1. The van der Waals surface area contributed by atoms with Crippen LogP contribution in [0.5, 0.6) is 5.75 Å². The van der Waals surface area contributed by atoms with Crippen molar-refractivity contribution in [1.29, 1.82) is 0 Å². The van der Waals surface area contributed by atoms with Crippen LogP contribution < -0.4 is 10.1 Å². The number of nitrogens with zero attached hydrogens (tertiary/aromatic N) is 1. The van der Waals surface area contributed by atoms with Crippen molar-refractivity contribution in [3.8, 4) is 16.9 Å². The summed E-state index contributed by atoms with van der Waals surface area (Å²) in [5.74, 6) is 0.523. The van der Waals surface area contributed by atoms with Gasteiger partial charge >= 0.3 is 0 Å². The second-order valence-corrected chi connectivity index (χ2v) is 8.25. The molecule has 0 spiro atoms. The van der Waals surface area contributed by atoms with Crippen molar-refractivity contribution in [2.75, 3.05) is 6.61 Å². The van der Waals surface area contributed by atoms with E-state index in [9.17, 15) is 4.79 Å². The van der Waals surface area contributed by atoms with E-state index < -0.39 is 0 Å². The zero-order valence-electron chi connectivity index (χ0n) is 17.9. The fourth-order valence-electron chi connectivity index (χ4n) is 3.51. The molecular formula is C26H23BrN2O3. The molecule has 6 heteroatoms. The summed E-state index contributed by atoms with van der Waals surface area (Å²) in [7, 11) is 0. The van der Waals surface area contributed by atoms with Gasteiger partial charge in [-0.3, -0.25) is 9.78 Å². The number of rotatable bonds is 7. The van der Waals surface area contributed by atoms with Crippen LogP contribution in [0.2, 0.25) is 0 Å². The quantitative estimate of drug-likeness (QED) is 0.305. The molecule has 2 aromatic heterocycles. The van der Waals surface area contributed by atoms with E-state index in [2.05, 4.69) is 26.2 Å². The number of benzene rings is 2. The van der Waals surface area contributed by atoms with Gasteiger partial charge < -0.3 is 14.5 Å². The van der Waals surface area contributed by atoms with E-state index in [0.29, 0.717) is 18.9 Å². The minimum absolute atomic E-state index is 0.165. The minimum atomic E-state index is -0.165. The Morgan fingerprint density at radius 1 is 1.16 bits per heavy atom. The number of carbonyl (C=O) groups is 1. The molecule has 2 heterocycles. The van der Waals surface area contributed by atoms with Gasteiger partial charge in [-0.2, -0.15) is 0 Å². The number of nitrogens with one attached hydrogen (secondary N) is 1. The molecule has 0 aliphatic carbocycles. The lowest BCUT2D eigenvalue weighted by atomic mass is 9.99. The smallest absolute Gasteiger partial charge is 0.244 e. The van der Waals surface area contributed by atoms with E-state index in [4.69, 9.17) is 9.15 Å². The van der Waals surface area contributed by atoms with Crippen LogP contribution in [0.25, 0.3) is 27.7 Å². The van der Waals surface area contributed by atoms with E-state index in [0.717, 1.165) is 43.3 Å². The topological polar surface area (TPSA) is 64.4 Å². The highest BCUT2D eigenvalue weighted by atomic mass is 79.9. The zero-order chi connectivity index (χ0) is 22.5. The van der Waals surface area contributed by atoms with Crippen molar-refractivity contribution in [1.82, 2.24) is 10.3 Å². The molecule has 0 saturated carbocycles. The Morgan fingerprint density at radius 3 is 2.62 bits per heavy atom. The number of fused-ring (bicyclic) bond motifs is 1. The first-order valence-corrected chi connectivity index (χ1v) is 11.1. The van der Waals surface area contributed by atoms with Crippen LogP contribution >= 0.6 is 15.9 Å². The second-order valence-electron chi connectivity index (χ2n) is 7.33. The molecule has 162 valence electrons. The summed E-state index contributed by atoms with van der Waals surface area (Å²) < 4.78 is 12.7. The highest BCUT2D eigenvalue weighted by Crippen LogP contribution is 2.37. The van der Waals surface area contributed by atoms with E-state index in [-0.39, 0.29) is 5.91 Å². The van der Waals surface area contributed by atoms with E-state index >= 15 is 0 Å². The molecule has 0 fully saturated rings. The van der Waals surface area contributed by atoms with Gasteiger partial charge in [-0.15, -0.1) is 0 Å². The Balaban J connectivity index is 1.66. The lowest BCUT2D eigenvalue weighted by Gasteiger charge is -2.12. The number of allylic oxidation sites excluding steroid dienone is 1. The highest BCUT2D eigenvalue weighted by Gasteiger charge is 2.15. The average molecular weight is 491 g/mol. The van der Waals surface area contributed by atoms with Gasteiger partial charge in [0.1, 0.15) is 11.3 Å². The van der Waals surface area contributed by atoms with E-state index in [1.807, 2.05) is 62.4 Å². The molecule has 4 aromatic rings. The van der Waals surface area contributed by atoms with Crippen molar-refractivity contribution in [3.63, 3.8) is 0 Å². The normalized spacial score (nSPS) is 11.5. The summed E-state index contributed by atoms with van der Waals surface area (Å²) in [5, 5.41) is 3.89. The summed E-state index contributed by atoms with van der Waals surface area (Å²) in [4.78, 5) is 16.5. The lowest BCUT2D eigenvalue weighted by Crippen LogP contribution is -2.20. The Kier molecular flexibility index (Phi) is 6.71. The number of ether oxygens (including phenoxy) is 1. The molecule has 32 heavy (non-hydrogen) atoms. The van der Waals surface area contributed by atoms with Gasteiger partial charge in [0.25, 0.3) is 0 Å². The molecule has 2 aromatic carbocycles. The number of pyridine rings is 1. The molecule has 0 radical (unpaired) electrons. The summed E-state index contributed by atoms with van der Waals surface area (Å²) in [6.45, 7) is 4.80. The summed E-state index contributed by atoms with van der Waals surface area (Å²) >= 11 is 3.48. The third kappa shape index (κ3) is 4.92. The predicted molar refractivity (Wildman–Crippen MR) is 130 cm³/mol. The average Bonchev–Trinajstić information content (AvgIpc) is 3.21. The van der Waals surface area contributed by atoms with Gasteiger partial charge in [0.2, 0.25) is 5.91 Å². The predicted octanol–water partition coefficient (Wildman–Crippen LogP) is 6.38. The molecule has 0 saturated heterocycles. The lowest BCUT2D eigenvalue weighted by molar-refractivity contribution is -0.116. The number of furan rings is 1. The molecule has 0 aliphatic rings. The van der Waals surface area contributed by atoms with Crippen molar-refractivity contribution in [2.24, 2.45) is 0 Å². The van der Waals surface area contributed by atoms with Crippen molar-refractivity contribution in [3.05, 3.63) is 88.9 Å². The number of amides is 1. The molecule has 0 atom stereocenters. The van der Waals surface area contributed by atoms with Crippen LogP contribution in [0.15, 0.2) is 82.2 Å². The van der Waals surface area contributed by atoms with Gasteiger partial charge in [-0.05, 0) is 60.9 Å². The second kappa shape index (κ2) is 9.83. The van der Waals surface area contributed by atoms with Crippen LogP contribution in [0.1, 0.15) is 25.0 Å². The third-order valence-electron chi connectivity index (χ3n) is 5.12. The molecule has 0 unspecified atom stereocenters. The zero-order valence-corrected chi connectivity index (χ0v) is 19.5. The molecular weight excluding hydrogens is 468 g/mol. The number of carbonyl (C=O) groups excluding carboxylic acids is 1. The molecule has 0 bridgehead atoms. The molecule has 4 rings (SSSR count). The van der Waals surface area contributed by atoms with Crippen molar-refractivity contribution < 1.29 is 13.9 Å². The van der Waals surface area contributed by atoms with E-state index in [1.165, 1.54) is 0 Å². The molecule has 1 N–H and O–H groups in total. The fourth-order valence-corrected chi connectivity index (χ4v) is 3.77. The number of hydrogen-bond donors (Lipinski definition) is 1. The van der Waals surface area contributed by atoms with Crippen LogP contribution in [-0.4, -0.2) is 17.5 Å².